The van der Waals surface area contributed by atoms with Crippen LogP contribution >= 0.6 is 11.6 Å². The van der Waals surface area contributed by atoms with Crippen molar-refractivity contribution in [2.24, 2.45) is 5.73 Å². The number of carbonyl (C=O) groups is 1. The molecule has 0 radical (unpaired) electrons. The molecule has 40 heavy (non-hydrogen) atoms. The summed E-state index contributed by atoms with van der Waals surface area (Å²) in [5.74, 6) is 0.502. The predicted octanol–water partition coefficient (Wildman–Crippen LogP) is 5.11. The van der Waals surface area contributed by atoms with Gasteiger partial charge in [-0.2, -0.15) is 0 Å². The zero-order chi connectivity index (χ0) is 29.0. The van der Waals surface area contributed by atoms with Gasteiger partial charge in [0.05, 0.1) is 17.2 Å². The average molecular weight is 586 g/mol. The third kappa shape index (κ3) is 5.91. The van der Waals surface area contributed by atoms with Crippen LogP contribution in [-0.4, -0.2) is 36.1 Å². The van der Waals surface area contributed by atoms with Crippen LogP contribution in [0.4, 0.5) is 5.82 Å². The van der Waals surface area contributed by atoms with Gasteiger partial charge in [0.1, 0.15) is 16.5 Å². The third-order valence-corrected chi connectivity index (χ3v) is 8.30. The lowest BCUT2D eigenvalue weighted by atomic mass is 9.97. The highest BCUT2D eigenvalue weighted by molar-refractivity contribution is 7.92. The molecule has 0 saturated carbocycles. The number of aromatic nitrogens is 3. The molecule has 2 aromatic carbocycles. The number of primary amides is 1. The number of hydrogen-bond acceptors (Lipinski definition) is 7. The first-order valence-corrected chi connectivity index (χ1v) is 14.7. The van der Waals surface area contributed by atoms with Gasteiger partial charge in [-0.3, -0.25) is 9.52 Å². The minimum absolute atomic E-state index is 0.0419. The summed E-state index contributed by atoms with van der Waals surface area (Å²) in [5, 5.41) is 3.81. The molecular weight excluding hydrogens is 554 g/mol. The number of amides is 1. The van der Waals surface area contributed by atoms with Crippen LogP contribution < -0.4 is 10.5 Å². The Kier molecular flexibility index (Phi) is 8.97. The number of nitrogens with zero attached hydrogens (tertiary/aromatic N) is 3. The molecule has 2 aromatic heterocycles. The summed E-state index contributed by atoms with van der Waals surface area (Å²) >= 11 is 6.15. The first-order chi connectivity index (χ1) is 19.1. The monoisotopic (exact) mass is 585 g/mol. The fourth-order valence-corrected chi connectivity index (χ4v) is 6.06. The molecule has 0 atom stereocenters. The Morgan fingerprint density at radius 1 is 1.18 bits per heavy atom. The number of anilines is 1. The molecule has 10 nitrogen and oxygen atoms in total. The van der Waals surface area contributed by atoms with Crippen molar-refractivity contribution >= 4 is 33.3 Å². The molecule has 0 aliphatic rings. The second kappa shape index (κ2) is 12.2. The molecule has 0 bridgehead atoms. The molecule has 1 amide bonds. The molecule has 0 spiro atoms. The number of sulfonamides is 1. The Labute approximate surface area is 238 Å². The van der Waals surface area contributed by atoms with E-state index in [2.05, 4.69) is 21.8 Å². The van der Waals surface area contributed by atoms with Crippen molar-refractivity contribution in [3.05, 3.63) is 81.6 Å². The fraction of sp³-hybridized carbons (Fsp3) is 0.321. The van der Waals surface area contributed by atoms with Crippen LogP contribution in [0, 0.1) is 6.92 Å². The summed E-state index contributed by atoms with van der Waals surface area (Å²) < 4.78 is 41.6. The summed E-state index contributed by atoms with van der Waals surface area (Å²) in [4.78, 5) is 17.1. The van der Waals surface area contributed by atoms with Gasteiger partial charge in [-0.25, -0.2) is 13.4 Å². The summed E-state index contributed by atoms with van der Waals surface area (Å²) in [6, 6.07) is 12.3. The van der Waals surface area contributed by atoms with E-state index in [-0.39, 0.29) is 22.3 Å². The van der Waals surface area contributed by atoms with Gasteiger partial charge in [-0.05, 0) is 42.5 Å². The number of ether oxygens (including phenoxy) is 1. The van der Waals surface area contributed by atoms with Crippen molar-refractivity contribution in [1.82, 2.24) is 14.7 Å². The summed E-state index contributed by atoms with van der Waals surface area (Å²) in [5.41, 5.74) is 9.66. The number of halogens is 1. The average Bonchev–Trinajstić information content (AvgIpc) is 3.43. The summed E-state index contributed by atoms with van der Waals surface area (Å²) in [6.07, 6.45) is 2.16. The molecular formula is C28H32ClN5O5S. The minimum atomic E-state index is -4.08. The number of rotatable bonds is 12. The Morgan fingerprint density at radius 3 is 2.55 bits per heavy atom. The molecule has 0 unspecified atom stereocenters. The third-order valence-electron chi connectivity index (χ3n) is 6.46. The number of nitrogens with one attached hydrogen (secondary N) is 1. The number of hydrogen-bond donors (Lipinski definition) is 2. The van der Waals surface area contributed by atoms with Crippen LogP contribution in [0.15, 0.2) is 51.9 Å². The lowest BCUT2D eigenvalue weighted by Gasteiger charge is -2.17. The van der Waals surface area contributed by atoms with Crippen LogP contribution in [-0.2, 0) is 40.8 Å². The van der Waals surface area contributed by atoms with Crippen molar-refractivity contribution in [3.8, 4) is 11.1 Å². The van der Waals surface area contributed by atoms with Crippen LogP contribution in [0.3, 0.4) is 0 Å². The molecule has 2 heterocycles. The number of nitrogens with two attached hydrogens (primary N) is 1. The lowest BCUT2D eigenvalue weighted by Crippen LogP contribution is -2.20. The van der Waals surface area contributed by atoms with Crippen molar-refractivity contribution in [3.63, 3.8) is 0 Å². The van der Waals surface area contributed by atoms with Crippen molar-refractivity contribution in [2.45, 2.75) is 58.1 Å². The van der Waals surface area contributed by atoms with E-state index >= 15 is 0 Å². The summed E-state index contributed by atoms with van der Waals surface area (Å²) in [6.45, 7) is 6.19. The quantitative estimate of drug-likeness (QED) is 0.235. The first-order valence-electron chi connectivity index (χ1n) is 12.8. The summed E-state index contributed by atoms with van der Waals surface area (Å²) in [7, 11) is -2.51. The zero-order valence-corrected chi connectivity index (χ0v) is 24.4. The largest absolute Gasteiger partial charge is 0.380 e. The zero-order valence-electron chi connectivity index (χ0n) is 22.8. The van der Waals surface area contributed by atoms with Crippen LogP contribution in [0.1, 0.15) is 59.2 Å². The topological polar surface area (TPSA) is 142 Å². The smallest absolute Gasteiger partial charge is 0.267 e. The first kappa shape index (κ1) is 29.3. The van der Waals surface area contributed by atoms with E-state index in [0.29, 0.717) is 47.7 Å². The van der Waals surface area contributed by atoms with Crippen molar-refractivity contribution in [2.75, 3.05) is 11.8 Å². The Balaban J connectivity index is 1.77. The maximum Gasteiger partial charge on any atom is 0.267 e. The van der Waals surface area contributed by atoms with Crippen LogP contribution in [0.2, 0.25) is 5.02 Å². The molecule has 12 heteroatoms. The van der Waals surface area contributed by atoms with Gasteiger partial charge < -0.3 is 19.6 Å². The van der Waals surface area contributed by atoms with Gasteiger partial charge in [0.25, 0.3) is 15.9 Å². The lowest BCUT2D eigenvalue weighted by molar-refractivity contribution is 0.0990. The van der Waals surface area contributed by atoms with E-state index in [0.717, 1.165) is 23.4 Å². The fourth-order valence-electron chi connectivity index (χ4n) is 4.66. The highest BCUT2D eigenvalue weighted by atomic mass is 35.5. The van der Waals surface area contributed by atoms with Gasteiger partial charge in [-0.1, -0.05) is 67.0 Å². The Bertz CT molecular complexity index is 1640. The molecule has 212 valence electrons. The van der Waals surface area contributed by atoms with E-state index in [4.69, 9.17) is 26.6 Å². The molecule has 0 aliphatic carbocycles. The predicted molar refractivity (Wildman–Crippen MR) is 153 cm³/mol. The number of benzene rings is 2. The van der Waals surface area contributed by atoms with E-state index in [9.17, 15) is 13.2 Å². The number of aryl methyl sites for hydroxylation is 3. The van der Waals surface area contributed by atoms with E-state index in [1.54, 1.807) is 32.2 Å². The Hall–Kier alpha value is -3.67. The highest BCUT2D eigenvalue weighted by Gasteiger charge is 2.25. The standard InChI is InChI=1S/C28H32ClN5O5S/c1-5-9-24-31-22(6-2)26(27(30)35)34(24)15-18-12-13-20(19(14-18)16-38-4)21-10-7-8-11-23(21)40(36,37)33-28-25(29)17(3)39-32-28/h7-8,10-14H,5-6,9,15-16H2,1-4H3,(H2,30,35)(H,32,33). The van der Waals surface area contributed by atoms with Crippen LogP contribution in [0.5, 0.6) is 0 Å². The molecule has 0 aliphatic heterocycles. The van der Waals surface area contributed by atoms with E-state index in [1.807, 2.05) is 29.7 Å². The maximum atomic E-state index is 13.4. The second-order valence-electron chi connectivity index (χ2n) is 9.30. The van der Waals surface area contributed by atoms with Crippen LogP contribution in [0.25, 0.3) is 11.1 Å². The highest BCUT2D eigenvalue weighted by Crippen LogP contribution is 2.34. The molecule has 0 saturated heterocycles. The van der Waals surface area contributed by atoms with Gasteiger partial charge in [-0.15, -0.1) is 0 Å². The minimum Gasteiger partial charge on any atom is -0.380 e. The van der Waals surface area contributed by atoms with Crippen molar-refractivity contribution < 1.29 is 22.5 Å². The Morgan fingerprint density at radius 2 is 1.93 bits per heavy atom. The van der Waals surface area contributed by atoms with Gasteiger partial charge in [0, 0.05) is 25.6 Å². The molecule has 3 N–H and O–H groups in total. The molecule has 4 rings (SSSR count). The maximum absolute atomic E-state index is 13.4. The molecule has 4 aromatic rings. The number of methoxy groups -OCH3 is 1. The number of carbonyl (C=O) groups excluding carboxylic acids is 1. The van der Waals surface area contributed by atoms with E-state index < -0.39 is 15.9 Å². The normalized spacial score (nSPS) is 11.6. The van der Waals surface area contributed by atoms with Gasteiger partial charge in [0.2, 0.25) is 5.82 Å². The second-order valence-corrected chi connectivity index (χ2v) is 11.3. The number of imidazole rings is 1. The van der Waals surface area contributed by atoms with Gasteiger partial charge in [0.15, 0.2) is 5.76 Å². The van der Waals surface area contributed by atoms with E-state index in [1.165, 1.54) is 6.07 Å². The van der Waals surface area contributed by atoms with Crippen molar-refractivity contribution in [1.29, 1.82) is 0 Å². The SMILES string of the molecule is CCCc1nc(CC)c(C(N)=O)n1Cc1ccc(-c2ccccc2S(=O)(=O)Nc2noc(C)c2Cl)c(COC)c1. The van der Waals surface area contributed by atoms with Gasteiger partial charge >= 0.3 is 0 Å². The molecule has 0 fully saturated rings.